The number of aromatic nitrogens is 3. The Balaban J connectivity index is 2.21. The van der Waals surface area contributed by atoms with Crippen molar-refractivity contribution >= 4 is 21.4 Å². The van der Waals surface area contributed by atoms with E-state index in [2.05, 4.69) is 14.8 Å². The van der Waals surface area contributed by atoms with Crippen LogP contribution in [-0.2, 0) is 16.6 Å². The Bertz CT molecular complexity index is 824. The molecule has 0 atom stereocenters. The van der Waals surface area contributed by atoms with E-state index in [0.717, 1.165) is 15.6 Å². The second-order valence-corrected chi connectivity index (χ2v) is 8.02. The summed E-state index contributed by atoms with van der Waals surface area (Å²) < 4.78 is 26.5. The maximum absolute atomic E-state index is 11.8. The molecular weight excluding hydrogens is 324 g/mol. The molecule has 9 heteroatoms. The zero-order chi connectivity index (χ0) is 16.3. The Kier molecular flexibility index (Phi) is 5.09. The first kappa shape index (κ1) is 16.8. The lowest BCUT2D eigenvalue weighted by atomic mass is 10.3. The number of nitrogens with one attached hydrogen (secondary N) is 1. The lowest BCUT2D eigenvalue weighted by Gasteiger charge is -2.07. The molecule has 2 heterocycles. The van der Waals surface area contributed by atoms with E-state index < -0.39 is 10.0 Å². The molecule has 0 aliphatic rings. The van der Waals surface area contributed by atoms with Crippen molar-refractivity contribution in [3.05, 3.63) is 33.2 Å². The summed E-state index contributed by atoms with van der Waals surface area (Å²) in [7, 11) is -3.27. The first-order valence-electron chi connectivity index (χ1n) is 6.82. The maximum atomic E-state index is 11.8. The van der Waals surface area contributed by atoms with Crippen molar-refractivity contribution in [1.82, 2.24) is 19.5 Å². The van der Waals surface area contributed by atoms with Gasteiger partial charge in [0.15, 0.2) is 0 Å². The van der Waals surface area contributed by atoms with Gasteiger partial charge in [-0.25, -0.2) is 22.8 Å². The van der Waals surface area contributed by atoms with Crippen molar-refractivity contribution in [2.45, 2.75) is 27.3 Å². The molecule has 120 valence electrons. The largest absolute Gasteiger partial charge is 0.268 e. The van der Waals surface area contributed by atoms with Crippen LogP contribution in [0, 0.1) is 13.8 Å². The molecule has 0 bridgehead atoms. The molecule has 0 unspecified atom stereocenters. The average Bonchev–Trinajstić information content (AvgIpc) is 2.80. The minimum Gasteiger partial charge on any atom is -0.268 e. The molecule has 0 aromatic carbocycles. The van der Waals surface area contributed by atoms with E-state index in [9.17, 15) is 13.2 Å². The Labute approximate surface area is 133 Å². The van der Waals surface area contributed by atoms with Gasteiger partial charge in [0.05, 0.1) is 27.9 Å². The molecule has 1 N–H and O–H groups in total. The van der Waals surface area contributed by atoms with Crippen LogP contribution in [-0.4, -0.2) is 35.5 Å². The Morgan fingerprint density at radius 2 is 2.05 bits per heavy atom. The third-order valence-electron chi connectivity index (χ3n) is 3.03. The van der Waals surface area contributed by atoms with Crippen LogP contribution in [0.25, 0.3) is 10.6 Å². The topological polar surface area (TPSA) is 93.9 Å². The average molecular weight is 342 g/mol. The van der Waals surface area contributed by atoms with Crippen LogP contribution in [0.4, 0.5) is 0 Å². The molecule has 0 spiro atoms. The highest BCUT2D eigenvalue weighted by atomic mass is 32.2. The van der Waals surface area contributed by atoms with Gasteiger partial charge in [-0.1, -0.05) is 0 Å². The molecule has 0 aliphatic carbocycles. The molecule has 0 saturated heterocycles. The van der Waals surface area contributed by atoms with Crippen LogP contribution >= 0.6 is 11.3 Å². The summed E-state index contributed by atoms with van der Waals surface area (Å²) in [5.74, 6) is 0.00863. The number of hydrogen-bond donors (Lipinski definition) is 1. The van der Waals surface area contributed by atoms with Crippen LogP contribution < -0.4 is 10.3 Å². The van der Waals surface area contributed by atoms with Crippen LogP contribution in [0.15, 0.2) is 16.9 Å². The van der Waals surface area contributed by atoms with Crippen LogP contribution in [0.5, 0.6) is 0 Å². The summed E-state index contributed by atoms with van der Waals surface area (Å²) in [6, 6.07) is 3.10. The van der Waals surface area contributed by atoms with Gasteiger partial charge < -0.3 is 0 Å². The van der Waals surface area contributed by atoms with E-state index in [1.165, 1.54) is 22.1 Å². The fourth-order valence-corrected chi connectivity index (χ4v) is 3.40. The van der Waals surface area contributed by atoms with Gasteiger partial charge in [-0.15, -0.1) is 11.3 Å². The highest BCUT2D eigenvalue weighted by Crippen LogP contribution is 2.27. The van der Waals surface area contributed by atoms with E-state index >= 15 is 0 Å². The van der Waals surface area contributed by atoms with Crippen molar-refractivity contribution in [3.63, 3.8) is 0 Å². The van der Waals surface area contributed by atoms with Crippen molar-refractivity contribution in [2.24, 2.45) is 0 Å². The van der Waals surface area contributed by atoms with Gasteiger partial charge in [-0.3, -0.25) is 4.79 Å². The van der Waals surface area contributed by atoms with Gasteiger partial charge in [0.2, 0.25) is 10.0 Å². The monoisotopic (exact) mass is 342 g/mol. The SMILES string of the molecule is CCS(=O)(=O)NCCn1nc(-c2sc(C)nc2C)ccc1=O. The van der Waals surface area contributed by atoms with Crippen molar-refractivity contribution in [3.8, 4) is 10.6 Å². The molecule has 2 aromatic rings. The molecule has 0 fully saturated rings. The van der Waals surface area contributed by atoms with E-state index in [1.807, 2.05) is 13.8 Å². The molecule has 0 saturated carbocycles. The maximum Gasteiger partial charge on any atom is 0.266 e. The molecular formula is C13H18N4O3S2. The molecule has 0 amide bonds. The van der Waals surface area contributed by atoms with E-state index in [1.54, 1.807) is 13.0 Å². The Morgan fingerprint density at radius 3 is 2.64 bits per heavy atom. The van der Waals surface area contributed by atoms with Gasteiger partial charge in [0.25, 0.3) is 5.56 Å². The zero-order valence-corrected chi connectivity index (χ0v) is 14.3. The molecule has 0 aliphatic heterocycles. The fourth-order valence-electron chi connectivity index (χ4n) is 1.91. The minimum absolute atomic E-state index is 0.00863. The summed E-state index contributed by atoms with van der Waals surface area (Å²) >= 11 is 1.51. The molecule has 0 radical (unpaired) electrons. The van der Waals surface area contributed by atoms with Crippen LogP contribution in [0.2, 0.25) is 0 Å². The fraction of sp³-hybridized carbons (Fsp3) is 0.462. The summed E-state index contributed by atoms with van der Waals surface area (Å²) in [5, 5.41) is 5.23. The van der Waals surface area contributed by atoms with E-state index in [0.29, 0.717) is 5.69 Å². The van der Waals surface area contributed by atoms with Gasteiger partial charge in [0.1, 0.15) is 5.69 Å². The predicted molar refractivity (Wildman–Crippen MR) is 86.5 cm³/mol. The summed E-state index contributed by atoms with van der Waals surface area (Å²) in [4.78, 5) is 17.1. The summed E-state index contributed by atoms with van der Waals surface area (Å²) in [5.41, 5.74) is 1.27. The first-order valence-corrected chi connectivity index (χ1v) is 9.29. The standard InChI is InChI=1S/C13H18N4O3S2/c1-4-22(19,20)14-7-8-17-12(18)6-5-11(16-17)13-9(2)15-10(3)21-13/h5-6,14H,4,7-8H2,1-3H3. The normalized spacial score (nSPS) is 11.8. The smallest absolute Gasteiger partial charge is 0.266 e. The van der Waals surface area contributed by atoms with Crippen LogP contribution in [0.3, 0.4) is 0 Å². The molecule has 22 heavy (non-hydrogen) atoms. The molecule has 7 nitrogen and oxygen atoms in total. The Hall–Kier alpha value is -1.58. The summed E-state index contributed by atoms with van der Waals surface area (Å²) in [6.07, 6.45) is 0. The second kappa shape index (κ2) is 6.67. The quantitative estimate of drug-likeness (QED) is 0.842. The lowest BCUT2D eigenvalue weighted by molar-refractivity contribution is 0.549. The third kappa shape index (κ3) is 3.99. The molecule has 2 aromatic heterocycles. The number of nitrogens with zero attached hydrogens (tertiary/aromatic N) is 3. The number of thiazole rings is 1. The zero-order valence-electron chi connectivity index (χ0n) is 12.7. The van der Waals surface area contributed by atoms with Gasteiger partial charge in [-0.05, 0) is 26.8 Å². The van der Waals surface area contributed by atoms with Crippen LogP contribution in [0.1, 0.15) is 17.6 Å². The van der Waals surface area contributed by atoms with Gasteiger partial charge in [-0.2, -0.15) is 5.10 Å². The number of aryl methyl sites for hydroxylation is 2. The number of sulfonamides is 1. The first-order chi connectivity index (χ1) is 10.3. The highest BCUT2D eigenvalue weighted by molar-refractivity contribution is 7.89. The predicted octanol–water partition coefficient (Wildman–Crippen LogP) is 0.923. The van der Waals surface area contributed by atoms with Gasteiger partial charge in [0, 0.05) is 12.6 Å². The van der Waals surface area contributed by atoms with Crippen molar-refractivity contribution in [1.29, 1.82) is 0 Å². The molecule has 2 rings (SSSR count). The second-order valence-electron chi connectivity index (χ2n) is 4.73. The minimum atomic E-state index is -3.27. The van der Waals surface area contributed by atoms with Gasteiger partial charge >= 0.3 is 0 Å². The van der Waals surface area contributed by atoms with Crippen molar-refractivity contribution < 1.29 is 8.42 Å². The third-order valence-corrected chi connectivity index (χ3v) is 5.53. The van der Waals surface area contributed by atoms with E-state index in [4.69, 9.17) is 0 Å². The van der Waals surface area contributed by atoms with E-state index in [-0.39, 0.29) is 24.4 Å². The number of hydrogen-bond acceptors (Lipinski definition) is 6. The highest BCUT2D eigenvalue weighted by Gasteiger charge is 2.11. The number of rotatable bonds is 6. The summed E-state index contributed by atoms with van der Waals surface area (Å²) in [6.45, 7) is 5.68. The lowest BCUT2D eigenvalue weighted by Crippen LogP contribution is -2.32. The Morgan fingerprint density at radius 1 is 1.32 bits per heavy atom. The van der Waals surface area contributed by atoms with Crippen molar-refractivity contribution in [2.75, 3.05) is 12.3 Å².